The second kappa shape index (κ2) is 3.34. The van der Waals surface area contributed by atoms with Gasteiger partial charge in [-0.2, -0.15) is 0 Å². The molecule has 15 heavy (non-hydrogen) atoms. The summed E-state index contributed by atoms with van der Waals surface area (Å²) in [4.78, 5) is 0. The van der Waals surface area contributed by atoms with Crippen molar-refractivity contribution in [2.75, 3.05) is 0 Å². The van der Waals surface area contributed by atoms with Gasteiger partial charge in [-0.1, -0.05) is 12.1 Å². The molecule has 1 N–H and O–H groups in total. The third kappa shape index (κ3) is 2.59. The van der Waals surface area contributed by atoms with Crippen molar-refractivity contribution in [2.24, 2.45) is 0 Å². The van der Waals surface area contributed by atoms with E-state index in [1.807, 2.05) is 0 Å². The maximum Gasteiger partial charge on any atom is 0.142 e. The van der Waals surface area contributed by atoms with Crippen LogP contribution in [0.4, 0.5) is 0 Å². The lowest BCUT2D eigenvalue weighted by Gasteiger charge is -2.19. The molecule has 0 atom stereocenters. The molecule has 1 aromatic heterocycles. The number of hydrogen-bond acceptors (Lipinski definition) is 3. The fourth-order valence-electron chi connectivity index (χ4n) is 1.47. The number of hydrogen-bond donors (Lipinski definition) is 1. The Bertz CT molecular complexity index is 345. The summed E-state index contributed by atoms with van der Waals surface area (Å²) in [7, 11) is 0. The van der Waals surface area contributed by atoms with E-state index in [1.54, 1.807) is 0 Å². The van der Waals surface area contributed by atoms with E-state index in [1.165, 1.54) is 12.8 Å². The monoisotopic (exact) mass is 208 g/mol. The molecule has 0 bridgehead atoms. The van der Waals surface area contributed by atoms with Gasteiger partial charge in [-0.15, -0.1) is 0 Å². The molecule has 3 heteroatoms. The lowest BCUT2D eigenvalue weighted by molar-refractivity contribution is 0.347. The molecule has 1 saturated carbocycles. The van der Waals surface area contributed by atoms with E-state index in [9.17, 15) is 0 Å². The van der Waals surface area contributed by atoms with Gasteiger partial charge in [0.1, 0.15) is 5.76 Å². The maximum atomic E-state index is 5.37. The lowest BCUT2D eigenvalue weighted by Crippen LogP contribution is -2.35. The molecule has 0 unspecified atom stereocenters. The molecule has 1 aromatic rings. The summed E-state index contributed by atoms with van der Waals surface area (Å²) in [5, 5.41) is 7.49. The number of rotatable bonds is 3. The Morgan fingerprint density at radius 3 is 2.67 bits per heavy atom. The summed E-state index contributed by atoms with van der Waals surface area (Å²) in [6, 6.07) is 2.09. The van der Waals surface area contributed by atoms with Crippen LogP contribution in [0.5, 0.6) is 0 Å². The fourth-order valence-corrected chi connectivity index (χ4v) is 1.47. The molecule has 0 amide bonds. The third-order valence-corrected chi connectivity index (χ3v) is 2.95. The van der Waals surface area contributed by atoms with Crippen LogP contribution in [0.25, 0.3) is 0 Å². The molecule has 1 aliphatic carbocycles. The average Bonchev–Trinajstić information content (AvgIpc) is 2.70. The van der Waals surface area contributed by atoms with E-state index in [-0.39, 0.29) is 11.0 Å². The Kier molecular flexibility index (Phi) is 2.38. The Morgan fingerprint density at radius 2 is 2.13 bits per heavy atom. The van der Waals surface area contributed by atoms with Gasteiger partial charge in [0.2, 0.25) is 0 Å². The van der Waals surface area contributed by atoms with Crippen molar-refractivity contribution in [3.8, 4) is 0 Å². The Balaban J connectivity index is 1.96. The molecule has 0 radical (unpaired) electrons. The summed E-state index contributed by atoms with van der Waals surface area (Å²) >= 11 is 0. The highest BCUT2D eigenvalue weighted by Crippen LogP contribution is 2.47. The molecule has 1 fully saturated rings. The minimum Gasteiger partial charge on any atom is -0.361 e. The molecule has 0 spiro atoms. The van der Waals surface area contributed by atoms with E-state index in [4.69, 9.17) is 4.52 Å². The zero-order valence-corrected chi connectivity index (χ0v) is 10.1. The maximum absolute atomic E-state index is 5.37. The fraction of sp³-hybridized carbons (Fsp3) is 0.750. The van der Waals surface area contributed by atoms with Crippen LogP contribution in [0.2, 0.25) is 0 Å². The molecule has 0 saturated heterocycles. The van der Waals surface area contributed by atoms with Gasteiger partial charge < -0.3 is 9.84 Å². The van der Waals surface area contributed by atoms with Gasteiger partial charge in [0.05, 0.1) is 5.69 Å². The van der Waals surface area contributed by atoms with Crippen LogP contribution in [0.15, 0.2) is 10.6 Å². The topological polar surface area (TPSA) is 38.1 Å². The van der Waals surface area contributed by atoms with Crippen molar-refractivity contribution in [2.45, 2.75) is 58.0 Å². The highest BCUT2D eigenvalue weighted by molar-refractivity contribution is 5.21. The largest absolute Gasteiger partial charge is 0.361 e. The highest BCUT2D eigenvalue weighted by atomic mass is 16.5. The lowest BCUT2D eigenvalue weighted by atomic mass is 10.1. The van der Waals surface area contributed by atoms with Crippen molar-refractivity contribution >= 4 is 0 Å². The molecule has 3 nitrogen and oxygen atoms in total. The van der Waals surface area contributed by atoms with Crippen LogP contribution in [0.3, 0.4) is 0 Å². The predicted molar refractivity (Wildman–Crippen MR) is 59.7 cm³/mol. The normalized spacial score (nSPS) is 19.2. The van der Waals surface area contributed by atoms with Gasteiger partial charge >= 0.3 is 0 Å². The smallest absolute Gasteiger partial charge is 0.142 e. The summed E-state index contributed by atoms with van der Waals surface area (Å²) < 4.78 is 5.37. The van der Waals surface area contributed by atoms with Gasteiger partial charge in [0.25, 0.3) is 0 Å². The zero-order chi connectivity index (χ0) is 11.1. The minimum absolute atomic E-state index is 0.128. The van der Waals surface area contributed by atoms with E-state index >= 15 is 0 Å². The zero-order valence-electron chi connectivity index (χ0n) is 10.1. The molecular formula is C12H20N2O. The minimum atomic E-state index is 0.128. The van der Waals surface area contributed by atoms with Crippen LogP contribution in [-0.4, -0.2) is 10.7 Å². The van der Waals surface area contributed by atoms with Gasteiger partial charge in [0, 0.05) is 23.6 Å². The molecule has 0 aliphatic heterocycles. The first-order valence-corrected chi connectivity index (χ1v) is 5.60. The van der Waals surface area contributed by atoms with Crippen molar-refractivity contribution in [1.82, 2.24) is 10.5 Å². The molecular weight excluding hydrogens is 188 g/mol. The highest BCUT2D eigenvalue weighted by Gasteiger charge is 2.42. The van der Waals surface area contributed by atoms with E-state index in [0.717, 1.165) is 18.0 Å². The second-order valence-electron chi connectivity index (χ2n) is 5.85. The summed E-state index contributed by atoms with van der Waals surface area (Å²) in [6.07, 6.45) is 2.46. The first-order valence-electron chi connectivity index (χ1n) is 5.60. The Hall–Kier alpha value is -0.830. The number of nitrogens with one attached hydrogen (secondary N) is 1. The van der Waals surface area contributed by atoms with Crippen LogP contribution in [-0.2, 0) is 12.0 Å². The van der Waals surface area contributed by atoms with Crippen molar-refractivity contribution in [3.63, 3.8) is 0 Å². The Labute approximate surface area is 91.2 Å². The van der Waals surface area contributed by atoms with Crippen LogP contribution < -0.4 is 5.32 Å². The molecule has 0 aromatic carbocycles. The quantitative estimate of drug-likeness (QED) is 0.829. The van der Waals surface area contributed by atoms with Crippen molar-refractivity contribution in [3.05, 3.63) is 17.5 Å². The average molecular weight is 208 g/mol. The standard InChI is InChI=1S/C12H20N2O/c1-11(2,3)13-8-9-7-10(15-14-9)12(4)5-6-12/h7,13H,5-6,8H2,1-4H3. The van der Waals surface area contributed by atoms with Crippen molar-refractivity contribution < 1.29 is 4.52 Å². The molecule has 2 rings (SSSR count). The molecule has 1 aliphatic rings. The van der Waals surface area contributed by atoms with Crippen molar-refractivity contribution in [1.29, 1.82) is 0 Å². The molecule has 1 heterocycles. The van der Waals surface area contributed by atoms with E-state index in [0.29, 0.717) is 0 Å². The number of nitrogens with zero attached hydrogens (tertiary/aromatic N) is 1. The summed E-state index contributed by atoms with van der Waals surface area (Å²) in [6.45, 7) is 9.46. The summed E-state index contributed by atoms with van der Waals surface area (Å²) in [5.74, 6) is 1.05. The van der Waals surface area contributed by atoms with E-state index in [2.05, 4.69) is 44.2 Å². The summed E-state index contributed by atoms with van der Waals surface area (Å²) in [5.41, 5.74) is 1.42. The van der Waals surface area contributed by atoms with Crippen LogP contribution in [0, 0.1) is 0 Å². The van der Waals surface area contributed by atoms with Gasteiger partial charge in [-0.25, -0.2) is 0 Å². The predicted octanol–water partition coefficient (Wildman–Crippen LogP) is 2.61. The third-order valence-electron chi connectivity index (χ3n) is 2.95. The van der Waals surface area contributed by atoms with E-state index < -0.39 is 0 Å². The van der Waals surface area contributed by atoms with Gasteiger partial charge in [-0.3, -0.25) is 0 Å². The first-order chi connectivity index (χ1) is 6.89. The van der Waals surface area contributed by atoms with Gasteiger partial charge in [0.15, 0.2) is 0 Å². The van der Waals surface area contributed by atoms with Crippen LogP contribution >= 0.6 is 0 Å². The first kappa shape index (κ1) is 10.7. The number of aromatic nitrogens is 1. The van der Waals surface area contributed by atoms with Gasteiger partial charge in [-0.05, 0) is 33.6 Å². The molecule has 84 valence electrons. The van der Waals surface area contributed by atoms with Crippen LogP contribution in [0.1, 0.15) is 52.0 Å². The second-order valence-corrected chi connectivity index (χ2v) is 5.85. The Morgan fingerprint density at radius 1 is 1.47 bits per heavy atom. The SMILES string of the molecule is CC(C)(C)NCc1cc(C2(C)CC2)on1.